The second kappa shape index (κ2) is 4.89. The summed E-state index contributed by atoms with van der Waals surface area (Å²) in [4.78, 5) is 0. The van der Waals surface area contributed by atoms with Gasteiger partial charge in [-0.2, -0.15) is 0 Å². The maximum absolute atomic E-state index is 10.3. The van der Waals surface area contributed by atoms with Crippen molar-refractivity contribution < 1.29 is 15.3 Å². The summed E-state index contributed by atoms with van der Waals surface area (Å²) in [6, 6.07) is 4.56. The van der Waals surface area contributed by atoms with Gasteiger partial charge in [-0.1, -0.05) is 11.6 Å². The molecule has 1 aromatic rings. The lowest BCUT2D eigenvalue weighted by Crippen LogP contribution is -2.36. The number of aromatic hydroxyl groups is 2. The molecule has 0 aliphatic heterocycles. The van der Waals surface area contributed by atoms with Crippen LogP contribution in [0.2, 0.25) is 0 Å². The Labute approximate surface area is 114 Å². The van der Waals surface area contributed by atoms with E-state index < -0.39 is 5.60 Å². The van der Waals surface area contributed by atoms with Crippen LogP contribution in [0.3, 0.4) is 0 Å². The largest absolute Gasteiger partial charge is 0.508 e. The number of phenols is 2. The van der Waals surface area contributed by atoms with E-state index in [0.717, 1.165) is 12.8 Å². The van der Waals surface area contributed by atoms with Crippen LogP contribution in [0.15, 0.2) is 29.8 Å². The summed E-state index contributed by atoms with van der Waals surface area (Å²) in [5.74, 6) is 0.270. The van der Waals surface area contributed by atoms with Crippen LogP contribution < -0.4 is 0 Å². The summed E-state index contributed by atoms with van der Waals surface area (Å²) in [6.45, 7) is 5.67. The zero-order chi connectivity index (χ0) is 14.2. The predicted octanol–water partition coefficient (Wildman–Crippen LogP) is 3.31. The zero-order valence-corrected chi connectivity index (χ0v) is 11.7. The lowest BCUT2D eigenvalue weighted by Gasteiger charge is -2.38. The molecule has 2 atom stereocenters. The van der Waals surface area contributed by atoms with E-state index in [1.54, 1.807) is 19.9 Å². The summed E-state index contributed by atoms with van der Waals surface area (Å²) in [6.07, 6.45) is 3.94. The number of hydrogen-bond acceptors (Lipinski definition) is 3. The molecule has 0 spiro atoms. The van der Waals surface area contributed by atoms with Gasteiger partial charge < -0.3 is 15.3 Å². The van der Waals surface area contributed by atoms with Crippen LogP contribution in [-0.2, 0) is 0 Å². The highest BCUT2D eigenvalue weighted by molar-refractivity contribution is 5.44. The van der Waals surface area contributed by atoms with Crippen LogP contribution in [0.1, 0.15) is 45.1 Å². The van der Waals surface area contributed by atoms with Crippen molar-refractivity contribution in [2.75, 3.05) is 0 Å². The van der Waals surface area contributed by atoms with E-state index in [1.807, 2.05) is 0 Å². The molecule has 19 heavy (non-hydrogen) atoms. The molecule has 104 valence electrons. The number of rotatable bonds is 2. The summed E-state index contributed by atoms with van der Waals surface area (Å²) in [5.41, 5.74) is 1.12. The van der Waals surface area contributed by atoms with E-state index in [-0.39, 0.29) is 23.3 Å². The van der Waals surface area contributed by atoms with E-state index >= 15 is 0 Å². The number of aliphatic hydroxyl groups is 1. The van der Waals surface area contributed by atoms with E-state index in [9.17, 15) is 15.3 Å². The van der Waals surface area contributed by atoms with Crippen LogP contribution >= 0.6 is 0 Å². The van der Waals surface area contributed by atoms with Gasteiger partial charge in [0.05, 0.1) is 5.60 Å². The Hall–Kier alpha value is -1.48. The highest BCUT2D eigenvalue weighted by atomic mass is 16.3. The lowest BCUT2D eigenvalue weighted by atomic mass is 9.70. The fraction of sp³-hybridized carbons (Fsp3) is 0.500. The molecule has 3 N–H and O–H groups in total. The van der Waals surface area contributed by atoms with Gasteiger partial charge in [-0.15, -0.1) is 0 Å². The van der Waals surface area contributed by atoms with Gasteiger partial charge in [0.2, 0.25) is 0 Å². The van der Waals surface area contributed by atoms with Gasteiger partial charge in [-0.25, -0.2) is 0 Å². The first-order valence-corrected chi connectivity index (χ1v) is 6.70. The molecule has 1 aliphatic rings. The van der Waals surface area contributed by atoms with Crippen LogP contribution in [0.5, 0.6) is 11.5 Å². The van der Waals surface area contributed by atoms with Crippen molar-refractivity contribution in [3.8, 4) is 11.5 Å². The molecule has 0 heterocycles. The molecule has 3 nitrogen and oxygen atoms in total. The summed E-state index contributed by atoms with van der Waals surface area (Å²) < 4.78 is 0. The van der Waals surface area contributed by atoms with Crippen LogP contribution in [0, 0.1) is 5.92 Å². The lowest BCUT2D eigenvalue weighted by molar-refractivity contribution is 0.00441. The van der Waals surface area contributed by atoms with Crippen LogP contribution in [-0.4, -0.2) is 20.9 Å². The molecule has 0 fully saturated rings. The van der Waals surface area contributed by atoms with E-state index in [1.165, 1.54) is 17.7 Å². The smallest absolute Gasteiger partial charge is 0.119 e. The fourth-order valence-corrected chi connectivity index (χ4v) is 2.98. The van der Waals surface area contributed by atoms with Gasteiger partial charge >= 0.3 is 0 Å². The first-order chi connectivity index (χ1) is 8.79. The van der Waals surface area contributed by atoms with Crippen molar-refractivity contribution >= 4 is 0 Å². The molecule has 0 aromatic heterocycles. The predicted molar refractivity (Wildman–Crippen MR) is 75.3 cm³/mol. The molecule has 1 aliphatic carbocycles. The molecule has 0 amide bonds. The molecule has 0 saturated carbocycles. The third-order valence-corrected chi connectivity index (χ3v) is 4.02. The monoisotopic (exact) mass is 262 g/mol. The standard InChI is InChI=1S/C16H22O3/c1-10-4-6-14(16(2,3)19)12(8-10)13-9-11(17)5-7-15(13)18/h5,7-9,12,14,17-19H,4,6H2,1-3H3/t12-,14+/m0/s1. The second-order valence-corrected chi connectivity index (χ2v) is 6.08. The average molecular weight is 262 g/mol. The van der Waals surface area contributed by atoms with Gasteiger partial charge in [-0.05, 0) is 57.7 Å². The van der Waals surface area contributed by atoms with Gasteiger partial charge in [0.15, 0.2) is 0 Å². The van der Waals surface area contributed by atoms with Crippen LogP contribution in [0.4, 0.5) is 0 Å². The van der Waals surface area contributed by atoms with Gasteiger partial charge in [0.25, 0.3) is 0 Å². The van der Waals surface area contributed by atoms with Crippen molar-refractivity contribution in [2.24, 2.45) is 5.92 Å². The highest BCUT2D eigenvalue weighted by Gasteiger charge is 2.36. The molecule has 0 unspecified atom stereocenters. The Morgan fingerprint density at radius 1 is 1.21 bits per heavy atom. The molecule has 3 heteroatoms. The molecule has 2 rings (SSSR count). The normalized spacial score (nSPS) is 24.1. The van der Waals surface area contributed by atoms with Crippen molar-refractivity contribution in [2.45, 2.75) is 45.1 Å². The summed E-state index contributed by atoms with van der Waals surface area (Å²) in [5, 5.41) is 30.0. The minimum atomic E-state index is -0.820. The molecule has 1 aromatic carbocycles. The zero-order valence-electron chi connectivity index (χ0n) is 11.7. The van der Waals surface area contributed by atoms with E-state index in [4.69, 9.17) is 0 Å². The molecule has 0 radical (unpaired) electrons. The first-order valence-electron chi connectivity index (χ1n) is 6.70. The topological polar surface area (TPSA) is 60.7 Å². The van der Waals surface area contributed by atoms with Crippen molar-refractivity contribution in [1.82, 2.24) is 0 Å². The highest BCUT2D eigenvalue weighted by Crippen LogP contribution is 2.45. The van der Waals surface area contributed by atoms with Gasteiger partial charge in [-0.3, -0.25) is 0 Å². The second-order valence-electron chi connectivity index (χ2n) is 6.08. The maximum Gasteiger partial charge on any atom is 0.119 e. The Morgan fingerprint density at radius 3 is 2.53 bits per heavy atom. The van der Waals surface area contributed by atoms with Gasteiger partial charge in [0.1, 0.15) is 11.5 Å². The van der Waals surface area contributed by atoms with E-state index in [2.05, 4.69) is 13.0 Å². The summed E-state index contributed by atoms with van der Waals surface area (Å²) >= 11 is 0. The third-order valence-electron chi connectivity index (χ3n) is 4.02. The Balaban J connectivity index is 2.48. The average Bonchev–Trinajstić information content (AvgIpc) is 2.30. The number of allylic oxidation sites excluding steroid dienone is 2. The third kappa shape index (κ3) is 2.92. The van der Waals surface area contributed by atoms with Crippen molar-refractivity contribution in [1.29, 1.82) is 0 Å². The number of benzene rings is 1. The quantitative estimate of drug-likeness (QED) is 0.566. The number of hydrogen-bond donors (Lipinski definition) is 3. The minimum Gasteiger partial charge on any atom is -0.508 e. The SMILES string of the molecule is CC1=C[C@@H](c2cc(O)ccc2O)[C@H](C(C)(C)O)CC1. The summed E-state index contributed by atoms with van der Waals surface area (Å²) in [7, 11) is 0. The Morgan fingerprint density at radius 2 is 1.89 bits per heavy atom. The Bertz CT molecular complexity index is 497. The maximum atomic E-state index is 10.3. The minimum absolute atomic E-state index is 0.0314. The fourth-order valence-electron chi connectivity index (χ4n) is 2.98. The van der Waals surface area contributed by atoms with Gasteiger partial charge in [0, 0.05) is 11.5 Å². The molecular weight excluding hydrogens is 240 g/mol. The van der Waals surface area contributed by atoms with Crippen molar-refractivity contribution in [3.63, 3.8) is 0 Å². The van der Waals surface area contributed by atoms with Crippen molar-refractivity contribution in [3.05, 3.63) is 35.4 Å². The van der Waals surface area contributed by atoms with Crippen LogP contribution in [0.25, 0.3) is 0 Å². The molecule has 0 bridgehead atoms. The molecule has 0 saturated heterocycles. The molecular formula is C16H22O3. The number of phenolic OH excluding ortho intramolecular Hbond substituents is 2. The Kier molecular flexibility index (Phi) is 3.59. The van der Waals surface area contributed by atoms with E-state index in [0.29, 0.717) is 5.56 Å². The first kappa shape index (κ1) is 13.9.